The van der Waals surface area contributed by atoms with Gasteiger partial charge in [-0.25, -0.2) is 9.78 Å². The smallest absolute Gasteiger partial charge is 0.341 e. The van der Waals surface area contributed by atoms with Gasteiger partial charge < -0.3 is 10.1 Å². The monoisotopic (exact) mass is 514 g/mol. The number of amides is 1. The fraction of sp³-hybridized carbons (Fsp3) is 0.138. The minimum Gasteiger partial charge on any atom is -0.462 e. The van der Waals surface area contributed by atoms with E-state index in [2.05, 4.69) is 5.32 Å². The predicted octanol–water partition coefficient (Wildman–Crippen LogP) is 7.98. The fourth-order valence-electron chi connectivity index (χ4n) is 4.02. The lowest BCUT2D eigenvalue weighted by molar-refractivity contribution is 0.0503. The van der Waals surface area contributed by atoms with Crippen LogP contribution in [-0.2, 0) is 4.74 Å². The highest BCUT2D eigenvalue weighted by atomic mass is 35.5. The molecule has 5 aromatic rings. The number of anilines is 1. The number of thiophene rings is 1. The van der Waals surface area contributed by atoms with Gasteiger partial charge >= 0.3 is 5.97 Å². The zero-order valence-electron chi connectivity index (χ0n) is 19.6. The van der Waals surface area contributed by atoms with E-state index in [1.54, 1.807) is 18.2 Å². The van der Waals surface area contributed by atoms with Gasteiger partial charge in [0.15, 0.2) is 0 Å². The zero-order valence-corrected chi connectivity index (χ0v) is 21.2. The second-order valence-corrected chi connectivity index (χ2v) is 9.81. The van der Waals surface area contributed by atoms with Crippen LogP contribution in [-0.4, -0.2) is 23.5 Å². The van der Waals surface area contributed by atoms with Gasteiger partial charge in [-0.1, -0.05) is 73.5 Å². The van der Waals surface area contributed by atoms with Crippen LogP contribution in [0.2, 0.25) is 5.02 Å². The van der Waals surface area contributed by atoms with Gasteiger partial charge in [0.1, 0.15) is 10.6 Å². The second-order valence-electron chi connectivity index (χ2n) is 8.33. The van der Waals surface area contributed by atoms with Crippen molar-refractivity contribution in [2.24, 2.45) is 0 Å². The number of hydrogen-bond acceptors (Lipinski definition) is 5. The number of aromatic nitrogens is 1. The van der Waals surface area contributed by atoms with Gasteiger partial charge in [-0.3, -0.25) is 4.79 Å². The van der Waals surface area contributed by atoms with Gasteiger partial charge in [-0.2, -0.15) is 0 Å². The van der Waals surface area contributed by atoms with E-state index in [1.807, 2.05) is 67.6 Å². The quantitative estimate of drug-likeness (QED) is 0.176. The van der Waals surface area contributed by atoms with Crippen molar-refractivity contribution in [1.82, 2.24) is 4.98 Å². The third-order valence-electron chi connectivity index (χ3n) is 5.86. The van der Waals surface area contributed by atoms with E-state index in [0.717, 1.165) is 33.9 Å². The summed E-state index contributed by atoms with van der Waals surface area (Å²) in [4.78, 5) is 31.5. The van der Waals surface area contributed by atoms with Gasteiger partial charge in [-0.05, 0) is 36.8 Å². The lowest BCUT2D eigenvalue weighted by atomic mass is 10.0. The number of nitrogens with zero attached hydrogens (tertiary/aromatic N) is 1. The Kier molecular flexibility index (Phi) is 6.98. The number of carbonyl (C=O) groups is 2. The van der Waals surface area contributed by atoms with Crippen molar-refractivity contribution in [3.63, 3.8) is 0 Å². The fourth-order valence-corrected chi connectivity index (χ4v) is 5.23. The number of unbranched alkanes of at least 4 members (excludes halogenated alkanes) is 1. The number of fused-ring (bicyclic) bond motifs is 2. The van der Waals surface area contributed by atoms with Crippen molar-refractivity contribution in [3.8, 4) is 11.3 Å². The third-order valence-corrected chi connectivity index (χ3v) is 7.20. The van der Waals surface area contributed by atoms with Crippen LogP contribution in [0.25, 0.3) is 32.2 Å². The van der Waals surface area contributed by atoms with Crippen LogP contribution < -0.4 is 5.32 Å². The second kappa shape index (κ2) is 10.5. The molecule has 5 rings (SSSR count). The Bertz CT molecular complexity index is 1580. The minimum absolute atomic E-state index is 0.321. The van der Waals surface area contributed by atoms with E-state index < -0.39 is 5.97 Å². The Morgan fingerprint density at radius 3 is 2.47 bits per heavy atom. The van der Waals surface area contributed by atoms with E-state index >= 15 is 0 Å². The lowest BCUT2D eigenvalue weighted by Crippen LogP contribution is -2.15. The minimum atomic E-state index is -0.433. The number of rotatable bonds is 7. The topological polar surface area (TPSA) is 68.3 Å². The molecule has 0 aliphatic rings. The van der Waals surface area contributed by atoms with Crippen LogP contribution in [0.15, 0.2) is 78.9 Å². The first-order valence-corrected chi connectivity index (χ1v) is 12.9. The van der Waals surface area contributed by atoms with Crippen LogP contribution in [0, 0.1) is 0 Å². The summed E-state index contributed by atoms with van der Waals surface area (Å²) in [6, 6.07) is 24.2. The number of halogens is 1. The van der Waals surface area contributed by atoms with Crippen molar-refractivity contribution in [3.05, 3.63) is 95.0 Å². The van der Waals surface area contributed by atoms with Crippen LogP contribution in [0.5, 0.6) is 0 Å². The maximum Gasteiger partial charge on any atom is 0.341 e. The summed E-state index contributed by atoms with van der Waals surface area (Å²) in [6.45, 7) is 2.38. The first-order chi connectivity index (χ1) is 17.5. The molecule has 0 atom stereocenters. The molecule has 0 unspecified atom stereocenters. The Hall–Kier alpha value is -3.74. The molecule has 0 bridgehead atoms. The molecule has 0 saturated heterocycles. The highest BCUT2D eigenvalue weighted by Gasteiger charge is 2.23. The summed E-state index contributed by atoms with van der Waals surface area (Å²) in [5, 5.41) is 5.58. The Labute approximate surface area is 217 Å². The summed E-state index contributed by atoms with van der Waals surface area (Å²) in [5.41, 5.74) is 3.06. The molecule has 3 aromatic carbocycles. The summed E-state index contributed by atoms with van der Waals surface area (Å²) >= 11 is 7.42. The summed E-state index contributed by atoms with van der Waals surface area (Å²) in [6.07, 6.45) is 1.71. The molecular weight excluding hydrogens is 492 g/mol. The number of hydrogen-bond donors (Lipinski definition) is 1. The lowest BCUT2D eigenvalue weighted by Gasteiger charge is -2.11. The van der Waals surface area contributed by atoms with Gasteiger partial charge in [0.25, 0.3) is 5.91 Å². The number of nitrogens with one attached hydrogen (secondary N) is 1. The van der Waals surface area contributed by atoms with Gasteiger partial charge in [0, 0.05) is 26.1 Å². The number of esters is 1. The van der Waals surface area contributed by atoms with Crippen molar-refractivity contribution in [1.29, 1.82) is 0 Å². The Morgan fingerprint density at radius 1 is 0.972 bits per heavy atom. The maximum absolute atomic E-state index is 13.7. The molecule has 7 heteroatoms. The van der Waals surface area contributed by atoms with Crippen LogP contribution in [0.1, 0.15) is 40.5 Å². The molecule has 1 N–H and O–H groups in total. The van der Waals surface area contributed by atoms with Crippen molar-refractivity contribution in [2.45, 2.75) is 19.8 Å². The molecule has 5 nitrogen and oxygen atoms in total. The molecule has 0 spiro atoms. The highest BCUT2D eigenvalue weighted by molar-refractivity contribution is 7.23. The molecule has 180 valence electrons. The summed E-state index contributed by atoms with van der Waals surface area (Å²) < 4.78 is 6.42. The summed E-state index contributed by atoms with van der Waals surface area (Å²) in [7, 11) is 0. The molecule has 0 saturated carbocycles. The van der Waals surface area contributed by atoms with E-state index in [9.17, 15) is 9.59 Å². The molecule has 0 aliphatic heterocycles. The van der Waals surface area contributed by atoms with Crippen LogP contribution in [0.4, 0.5) is 5.00 Å². The number of ether oxygens (including phenoxy) is 1. The van der Waals surface area contributed by atoms with E-state index in [-0.39, 0.29) is 5.91 Å². The average Bonchev–Trinajstić information content (AvgIpc) is 3.26. The zero-order chi connectivity index (χ0) is 25.1. The van der Waals surface area contributed by atoms with E-state index in [0.29, 0.717) is 39.0 Å². The molecule has 36 heavy (non-hydrogen) atoms. The van der Waals surface area contributed by atoms with Crippen molar-refractivity contribution < 1.29 is 14.3 Å². The average molecular weight is 515 g/mol. The van der Waals surface area contributed by atoms with E-state index in [4.69, 9.17) is 21.3 Å². The first-order valence-electron chi connectivity index (χ1n) is 11.7. The maximum atomic E-state index is 13.7. The highest BCUT2D eigenvalue weighted by Crippen LogP contribution is 2.37. The number of para-hydroxylation sites is 1. The molecule has 2 aromatic heterocycles. The standard InChI is InChI=1S/C29H23ClN2O3S/c1-2-3-16-35-29(34)26-21-9-5-7-11-25(21)36-28(26)32-27(33)22-17-24(18-12-14-19(30)15-13-18)31-23-10-6-4-8-20(22)23/h4-15,17H,2-3,16H2,1H3,(H,32,33). The predicted molar refractivity (Wildman–Crippen MR) is 147 cm³/mol. The SMILES string of the molecule is CCCCOC(=O)c1c(NC(=O)c2cc(-c3ccc(Cl)cc3)nc3ccccc23)sc2ccccc12. The normalized spacial score (nSPS) is 11.1. The molecule has 0 fully saturated rings. The van der Waals surface area contributed by atoms with Gasteiger partial charge in [-0.15, -0.1) is 11.3 Å². The third kappa shape index (κ3) is 4.83. The van der Waals surface area contributed by atoms with Gasteiger partial charge in [0.05, 0.1) is 23.4 Å². The Morgan fingerprint density at radius 2 is 1.69 bits per heavy atom. The molecule has 0 aliphatic carbocycles. The first kappa shape index (κ1) is 24.0. The van der Waals surface area contributed by atoms with Gasteiger partial charge in [0.2, 0.25) is 0 Å². The molecule has 2 heterocycles. The molecule has 0 radical (unpaired) electrons. The largest absolute Gasteiger partial charge is 0.462 e. The number of pyridine rings is 1. The number of carbonyl (C=O) groups excluding carboxylic acids is 2. The number of benzene rings is 3. The van der Waals surface area contributed by atoms with Crippen molar-refractivity contribution >= 4 is 60.8 Å². The van der Waals surface area contributed by atoms with Crippen molar-refractivity contribution in [2.75, 3.05) is 11.9 Å². The van der Waals surface area contributed by atoms with Crippen LogP contribution >= 0.6 is 22.9 Å². The summed E-state index contributed by atoms with van der Waals surface area (Å²) in [5.74, 6) is -0.754. The molecule has 1 amide bonds. The molecular formula is C29H23ClN2O3S. The Balaban J connectivity index is 1.56. The van der Waals surface area contributed by atoms with Crippen LogP contribution in [0.3, 0.4) is 0 Å². The van der Waals surface area contributed by atoms with E-state index in [1.165, 1.54) is 11.3 Å².